The number of hydrogen-bond donors (Lipinski definition) is 2. The van der Waals surface area contributed by atoms with E-state index in [0.717, 1.165) is 16.0 Å². The third kappa shape index (κ3) is 5.01. The smallest absolute Gasteiger partial charge is 0.341 e. The second-order valence-corrected chi connectivity index (χ2v) is 6.83. The Balaban J connectivity index is 2.36. The molecule has 2 aromatic rings. The number of methoxy groups -OCH3 is 1. The summed E-state index contributed by atoms with van der Waals surface area (Å²) in [4.78, 5) is 13.6. The second kappa shape index (κ2) is 9.50. The third-order valence-electron chi connectivity index (χ3n) is 3.45. The van der Waals surface area contributed by atoms with Crippen molar-refractivity contribution in [1.29, 1.82) is 0 Å². The normalized spacial score (nSPS) is 10.4. The lowest BCUT2D eigenvalue weighted by Crippen LogP contribution is -2.31. The van der Waals surface area contributed by atoms with E-state index in [9.17, 15) is 4.79 Å². The second-order valence-electron chi connectivity index (χ2n) is 5.20. The number of benzene rings is 1. The van der Waals surface area contributed by atoms with Gasteiger partial charge in [0.1, 0.15) is 10.6 Å². The van der Waals surface area contributed by atoms with Gasteiger partial charge in [0.05, 0.1) is 13.2 Å². The number of ether oxygens (including phenoxy) is 2. The van der Waals surface area contributed by atoms with Gasteiger partial charge in [0.25, 0.3) is 0 Å². The Bertz CT molecular complexity index is 729. The predicted molar refractivity (Wildman–Crippen MR) is 107 cm³/mol. The minimum Gasteiger partial charge on any atom is -0.462 e. The minimum absolute atomic E-state index is 0.317. The summed E-state index contributed by atoms with van der Waals surface area (Å²) >= 11 is 6.79. The number of aryl methyl sites for hydroxylation is 1. The van der Waals surface area contributed by atoms with Crippen molar-refractivity contribution in [3.05, 3.63) is 40.8 Å². The highest BCUT2D eigenvalue weighted by Gasteiger charge is 2.24. The molecule has 7 heteroatoms. The Morgan fingerprint density at radius 1 is 1.28 bits per heavy atom. The zero-order valence-corrected chi connectivity index (χ0v) is 16.2. The van der Waals surface area contributed by atoms with Crippen LogP contribution >= 0.6 is 23.6 Å². The van der Waals surface area contributed by atoms with Crippen molar-refractivity contribution in [1.82, 2.24) is 5.32 Å². The van der Waals surface area contributed by atoms with Crippen molar-refractivity contribution in [3.63, 3.8) is 0 Å². The number of nitrogens with one attached hydrogen (secondary N) is 2. The molecule has 0 saturated carbocycles. The van der Waals surface area contributed by atoms with Crippen LogP contribution in [0.3, 0.4) is 0 Å². The first-order chi connectivity index (χ1) is 12.1. The Kier molecular flexibility index (Phi) is 7.36. The summed E-state index contributed by atoms with van der Waals surface area (Å²) in [6.07, 6.45) is 0. The fraction of sp³-hybridized carbons (Fsp3) is 0.333. The molecule has 0 aliphatic heterocycles. The summed E-state index contributed by atoms with van der Waals surface area (Å²) < 4.78 is 10.3. The predicted octanol–water partition coefficient (Wildman–Crippen LogP) is 3.83. The molecule has 0 amide bonds. The van der Waals surface area contributed by atoms with E-state index in [1.54, 1.807) is 14.0 Å². The molecule has 25 heavy (non-hydrogen) atoms. The molecule has 0 aliphatic carbocycles. The molecule has 0 fully saturated rings. The highest BCUT2D eigenvalue weighted by molar-refractivity contribution is 7.80. The van der Waals surface area contributed by atoms with Crippen molar-refractivity contribution in [2.24, 2.45) is 0 Å². The summed E-state index contributed by atoms with van der Waals surface area (Å²) in [6.45, 7) is 5.24. The Morgan fingerprint density at radius 2 is 2.00 bits per heavy atom. The summed E-state index contributed by atoms with van der Waals surface area (Å²) in [5, 5.41) is 7.30. The van der Waals surface area contributed by atoms with E-state index < -0.39 is 0 Å². The van der Waals surface area contributed by atoms with Crippen LogP contribution < -0.4 is 10.6 Å². The van der Waals surface area contributed by atoms with Gasteiger partial charge >= 0.3 is 5.97 Å². The van der Waals surface area contributed by atoms with Crippen molar-refractivity contribution >= 4 is 39.6 Å². The number of carbonyl (C=O) groups is 1. The van der Waals surface area contributed by atoms with Crippen molar-refractivity contribution in [2.75, 3.05) is 32.2 Å². The molecule has 0 bridgehead atoms. The topological polar surface area (TPSA) is 59.6 Å². The SMILES string of the molecule is CCOC(=O)c1c(NC(=S)NCCOC)sc(C)c1-c1ccccc1. The van der Waals surface area contributed by atoms with E-state index in [0.29, 0.717) is 35.4 Å². The molecule has 0 aliphatic rings. The monoisotopic (exact) mass is 378 g/mol. The maximum absolute atomic E-state index is 12.6. The van der Waals surface area contributed by atoms with Gasteiger partial charge in [0.15, 0.2) is 5.11 Å². The third-order valence-corrected chi connectivity index (χ3v) is 4.71. The van der Waals surface area contributed by atoms with Gasteiger partial charge in [-0.05, 0) is 31.6 Å². The van der Waals surface area contributed by atoms with E-state index >= 15 is 0 Å². The largest absolute Gasteiger partial charge is 0.462 e. The molecule has 5 nitrogen and oxygen atoms in total. The van der Waals surface area contributed by atoms with Crippen LogP contribution in [0.1, 0.15) is 22.2 Å². The van der Waals surface area contributed by atoms with Gasteiger partial charge in [0, 0.05) is 24.1 Å². The molecular weight excluding hydrogens is 356 g/mol. The number of thiocarbonyl (C=S) groups is 1. The number of rotatable bonds is 7. The maximum atomic E-state index is 12.6. The standard InChI is InChI=1S/C18H22N2O3S2/c1-4-23-17(21)15-14(13-8-6-5-7-9-13)12(2)25-16(15)20-18(24)19-10-11-22-3/h5-9H,4,10-11H2,1-3H3,(H2,19,20,24). The van der Waals surface area contributed by atoms with Crippen molar-refractivity contribution < 1.29 is 14.3 Å². The van der Waals surface area contributed by atoms with Crippen LogP contribution in [-0.4, -0.2) is 38.0 Å². The van der Waals surface area contributed by atoms with Crippen molar-refractivity contribution in [2.45, 2.75) is 13.8 Å². The summed E-state index contributed by atoms with van der Waals surface area (Å²) in [5.74, 6) is -0.354. The Morgan fingerprint density at radius 3 is 2.64 bits per heavy atom. The summed E-state index contributed by atoms with van der Waals surface area (Å²) in [7, 11) is 1.63. The van der Waals surface area contributed by atoms with Gasteiger partial charge in [-0.1, -0.05) is 30.3 Å². The van der Waals surface area contributed by atoms with Crippen LogP contribution in [0.2, 0.25) is 0 Å². The number of thiophene rings is 1. The lowest BCUT2D eigenvalue weighted by Gasteiger charge is -2.11. The molecule has 0 spiro atoms. The van der Waals surface area contributed by atoms with Crippen LogP contribution in [0.5, 0.6) is 0 Å². The van der Waals surface area contributed by atoms with Gasteiger partial charge in [-0.25, -0.2) is 4.79 Å². The first-order valence-corrected chi connectivity index (χ1v) is 9.20. The summed E-state index contributed by atoms with van der Waals surface area (Å²) in [6, 6.07) is 9.81. The molecule has 0 atom stereocenters. The lowest BCUT2D eigenvalue weighted by atomic mass is 10.0. The van der Waals surface area contributed by atoms with Crippen LogP contribution in [0.4, 0.5) is 5.00 Å². The lowest BCUT2D eigenvalue weighted by molar-refractivity contribution is 0.0529. The number of anilines is 1. The molecule has 134 valence electrons. The van der Waals surface area contributed by atoms with Crippen LogP contribution in [-0.2, 0) is 9.47 Å². The zero-order chi connectivity index (χ0) is 18.2. The van der Waals surface area contributed by atoms with E-state index in [1.165, 1.54) is 11.3 Å². The van der Waals surface area contributed by atoms with Crippen LogP contribution in [0, 0.1) is 6.92 Å². The van der Waals surface area contributed by atoms with Gasteiger partial charge in [0.2, 0.25) is 0 Å². The summed E-state index contributed by atoms with van der Waals surface area (Å²) in [5.41, 5.74) is 2.38. The highest BCUT2D eigenvalue weighted by atomic mass is 32.1. The molecule has 2 rings (SSSR count). The quantitative estimate of drug-likeness (QED) is 0.434. The fourth-order valence-corrected chi connectivity index (χ4v) is 3.73. The van der Waals surface area contributed by atoms with Crippen molar-refractivity contribution in [3.8, 4) is 11.1 Å². The maximum Gasteiger partial charge on any atom is 0.341 e. The number of esters is 1. The molecule has 1 heterocycles. The fourth-order valence-electron chi connectivity index (χ4n) is 2.40. The van der Waals surface area contributed by atoms with Gasteiger partial charge in [-0.3, -0.25) is 0 Å². The number of hydrogen-bond acceptors (Lipinski definition) is 5. The van der Waals surface area contributed by atoms with E-state index in [4.69, 9.17) is 21.7 Å². The van der Waals surface area contributed by atoms with Gasteiger partial charge < -0.3 is 20.1 Å². The van der Waals surface area contributed by atoms with Gasteiger partial charge in [-0.15, -0.1) is 11.3 Å². The average Bonchev–Trinajstić information content (AvgIpc) is 2.92. The van der Waals surface area contributed by atoms with E-state index in [2.05, 4.69) is 10.6 Å². The number of carbonyl (C=O) groups excluding carboxylic acids is 1. The Labute approximate surface area is 157 Å². The highest BCUT2D eigenvalue weighted by Crippen LogP contribution is 2.40. The molecule has 0 radical (unpaired) electrons. The Hall–Kier alpha value is -1.96. The molecule has 1 aromatic heterocycles. The molecule has 0 unspecified atom stereocenters. The zero-order valence-electron chi connectivity index (χ0n) is 14.5. The first kappa shape index (κ1) is 19.4. The molecule has 0 saturated heterocycles. The minimum atomic E-state index is -0.354. The van der Waals surface area contributed by atoms with Crippen LogP contribution in [0.25, 0.3) is 11.1 Å². The molecule has 2 N–H and O–H groups in total. The van der Waals surface area contributed by atoms with E-state index in [1.807, 2.05) is 37.3 Å². The molecular formula is C18H22N2O3S2. The van der Waals surface area contributed by atoms with Crippen LogP contribution in [0.15, 0.2) is 30.3 Å². The molecule has 1 aromatic carbocycles. The average molecular weight is 379 g/mol. The van der Waals surface area contributed by atoms with Gasteiger partial charge in [-0.2, -0.15) is 0 Å². The van der Waals surface area contributed by atoms with E-state index in [-0.39, 0.29) is 5.97 Å². The first-order valence-electron chi connectivity index (χ1n) is 7.98.